The van der Waals surface area contributed by atoms with Gasteiger partial charge in [-0.25, -0.2) is 0 Å². The van der Waals surface area contributed by atoms with Crippen molar-refractivity contribution in [2.75, 3.05) is 11.4 Å². The molecule has 1 aliphatic heterocycles. The van der Waals surface area contributed by atoms with E-state index in [0.717, 1.165) is 35.1 Å². The third-order valence-corrected chi connectivity index (χ3v) is 2.85. The van der Waals surface area contributed by atoms with E-state index in [1.807, 2.05) is 24.3 Å². The number of thiocarbonyl (C=S) groups is 1. The Bertz CT molecular complexity index is 337. The van der Waals surface area contributed by atoms with E-state index in [4.69, 9.17) is 23.8 Å². The maximum Gasteiger partial charge on any atom is 0.0824 e. The number of benzene rings is 1. The highest BCUT2D eigenvalue weighted by Crippen LogP contribution is 2.24. The van der Waals surface area contributed by atoms with Crippen molar-refractivity contribution in [1.82, 2.24) is 0 Å². The van der Waals surface area contributed by atoms with Crippen LogP contribution in [0.1, 0.15) is 12.8 Å². The van der Waals surface area contributed by atoms with Crippen LogP contribution in [0, 0.1) is 0 Å². The van der Waals surface area contributed by atoms with Crippen molar-refractivity contribution in [3.8, 4) is 0 Å². The molecular formula is C10H10ClNS. The Labute approximate surface area is 88.3 Å². The zero-order valence-electron chi connectivity index (χ0n) is 7.16. The smallest absolute Gasteiger partial charge is 0.0824 e. The average molecular weight is 212 g/mol. The standard InChI is InChI=1S/C10H10ClNS/c11-8-3-1-4-9(7-8)12-6-2-5-10(12)13/h1,3-4,7H,2,5-6H2. The zero-order chi connectivity index (χ0) is 9.26. The number of nitrogens with zero attached hydrogens (tertiary/aromatic N) is 1. The minimum absolute atomic E-state index is 0.771. The molecule has 0 saturated carbocycles. The van der Waals surface area contributed by atoms with E-state index in [-0.39, 0.29) is 0 Å². The second kappa shape index (κ2) is 3.64. The van der Waals surface area contributed by atoms with E-state index < -0.39 is 0 Å². The summed E-state index contributed by atoms with van der Waals surface area (Å²) in [7, 11) is 0. The highest BCUT2D eigenvalue weighted by atomic mass is 35.5. The first-order valence-corrected chi connectivity index (χ1v) is 5.12. The van der Waals surface area contributed by atoms with Gasteiger partial charge < -0.3 is 4.90 Å². The Balaban J connectivity index is 2.29. The van der Waals surface area contributed by atoms with Crippen LogP contribution >= 0.6 is 23.8 Å². The van der Waals surface area contributed by atoms with Crippen molar-refractivity contribution < 1.29 is 0 Å². The van der Waals surface area contributed by atoms with Gasteiger partial charge in [0, 0.05) is 17.3 Å². The summed E-state index contributed by atoms with van der Waals surface area (Å²) >= 11 is 11.1. The molecule has 0 radical (unpaired) electrons. The molecule has 0 amide bonds. The average Bonchev–Trinajstić information content (AvgIpc) is 2.51. The summed E-state index contributed by atoms with van der Waals surface area (Å²) in [4.78, 5) is 3.18. The van der Waals surface area contributed by atoms with Crippen molar-refractivity contribution in [1.29, 1.82) is 0 Å². The van der Waals surface area contributed by atoms with Gasteiger partial charge in [-0.2, -0.15) is 0 Å². The second-order valence-electron chi connectivity index (χ2n) is 3.13. The molecule has 68 valence electrons. The maximum atomic E-state index is 5.90. The van der Waals surface area contributed by atoms with E-state index in [2.05, 4.69) is 4.90 Å². The lowest BCUT2D eigenvalue weighted by atomic mass is 10.3. The molecule has 1 fully saturated rings. The lowest BCUT2D eigenvalue weighted by Crippen LogP contribution is -2.21. The van der Waals surface area contributed by atoms with Gasteiger partial charge >= 0.3 is 0 Å². The van der Waals surface area contributed by atoms with Gasteiger partial charge in [0.05, 0.1) is 4.99 Å². The fraction of sp³-hybridized carbons (Fsp3) is 0.300. The molecule has 1 nitrogen and oxygen atoms in total. The van der Waals surface area contributed by atoms with Crippen molar-refractivity contribution >= 4 is 34.5 Å². The van der Waals surface area contributed by atoms with Crippen LogP contribution in [0.15, 0.2) is 24.3 Å². The molecule has 1 aliphatic rings. The van der Waals surface area contributed by atoms with Crippen LogP contribution < -0.4 is 4.90 Å². The van der Waals surface area contributed by atoms with Crippen LogP contribution in [-0.4, -0.2) is 11.5 Å². The van der Waals surface area contributed by atoms with Crippen LogP contribution in [0.2, 0.25) is 5.02 Å². The molecule has 1 heterocycles. The summed E-state index contributed by atoms with van der Waals surface area (Å²) in [5, 5.41) is 0.771. The van der Waals surface area contributed by atoms with E-state index in [1.54, 1.807) is 0 Å². The zero-order valence-corrected chi connectivity index (χ0v) is 8.74. The number of hydrogen-bond donors (Lipinski definition) is 0. The van der Waals surface area contributed by atoms with Gasteiger partial charge in [-0.1, -0.05) is 29.9 Å². The number of halogens is 1. The Kier molecular flexibility index (Phi) is 2.51. The minimum atomic E-state index is 0.771. The Morgan fingerprint density at radius 1 is 1.38 bits per heavy atom. The van der Waals surface area contributed by atoms with Gasteiger partial charge in [0.15, 0.2) is 0 Å². The Hall–Kier alpha value is -0.600. The molecule has 0 aliphatic carbocycles. The summed E-state index contributed by atoms with van der Waals surface area (Å²) < 4.78 is 0. The molecule has 1 aromatic carbocycles. The summed E-state index contributed by atoms with van der Waals surface area (Å²) in [6, 6.07) is 7.84. The molecule has 2 rings (SSSR count). The molecule has 0 bridgehead atoms. The largest absolute Gasteiger partial charge is 0.336 e. The number of anilines is 1. The maximum absolute atomic E-state index is 5.90. The molecule has 0 spiro atoms. The van der Waals surface area contributed by atoms with Crippen LogP contribution in [0.25, 0.3) is 0 Å². The van der Waals surface area contributed by atoms with E-state index in [1.165, 1.54) is 0 Å². The van der Waals surface area contributed by atoms with Crippen molar-refractivity contribution in [2.45, 2.75) is 12.8 Å². The third kappa shape index (κ3) is 1.84. The van der Waals surface area contributed by atoms with Gasteiger partial charge in [-0.3, -0.25) is 0 Å². The van der Waals surface area contributed by atoms with Crippen molar-refractivity contribution in [3.05, 3.63) is 29.3 Å². The second-order valence-corrected chi connectivity index (χ2v) is 4.04. The number of rotatable bonds is 1. The monoisotopic (exact) mass is 211 g/mol. The first-order chi connectivity index (χ1) is 6.27. The highest BCUT2D eigenvalue weighted by Gasteiger charge is 2.17. The van der Waals surface area contributed by atoms with Gasteiger partial charge in [0.2, 0.25) is 0 Å². The van der Waals surface area contributed by atoms with E-state index >= 15 is 0 Å². The van der Waals surface area contributed by atoms with Gasteiger partial charge in [-0.05, 0) is 31.0 Å². The van der Waals surface area contributed by atoms with Gasteiger partial charge in [0.25, 0.3) is 0 Å². The fourth-order valence-corrected chi connectivity index (χ4v) is 2.09. The molecule has 13 heavy (non-hydrogen) atoms. The molecule has 1 aromatic rings. The SMILES string of the molecule is S=C1CCCN1c1cccc(Cl)c1. The quantitative estimate of drug-likeness (QED) is 0.656. The molecule has 0 aromatic heterocycles. The Morgan fingerprint density at radius 2 is 2.23 bits per heavy atom. The van der Waals surface area contributed by atoms with Crippen molar-refractivity contribution in [2.24, 2.45) is 0 Å². The third-order valence-electron chi connectivity index (χ3n) is 2.19. The van der Waals surface area contributed by atoms with E-state index in [9.17, 15) is 0 Å². The first kappa shape index (κ1) is 8.97. The summed E-state index contributed by atoms with van der Waals surface area (Å²) in [5.74, 6) is 0. The lowest BCUT2D eigenvalue weighted by Gasteiger charge is -2.17. The van der Waals surface area contributed by atoms with Crippen LogP contribution in [-0.2, 0) is 0 Å². The van der Waals surface area contributed by atoms with E-state index in [0.29, 0.717) is 0 Å². The highest BCUT2D eigenvalue weighted by molar-refractivity contribution is 7.80. The molecule has 0 unspecified atom stereocenters. The molecule has 0 atom stereocenters. The fourth-order valence-electron chi connectivity index (χ4n) is 1.57. The van der Waals surface area contributed by atoms with Crippen LogP contribution in [0.4, 0.5) is 5.69 Å². The topological polar surface area (TPSA) is 3.24 Å². The van der Waals surface area contributed by atoms with Crippen molar-refractivity contribution in [3.63, 3.8) is 0 Å². The van der Waals surface area contributed by atoms with Gasteiger partial charge in [0.1, 0.15) is 0 Å². The minimum Gasteiger partial charge on any atom is -0.336 e. The molecule has 3 heteroatoms. The molecule has 1 saturated heterocycles. The first-order valence-electron chi connectivity index (χ1n) is 4.33. The normalized spacial score (nSPS) is 16.7. The van der Waals surface area contributed by atoms with Crippen LogP contribution in [0.5, 0.6) is 0 Å². The predicted octanol–water partition coefficient (Wildman–Crippen LogP) is 3.27. The van der Waals surface area contributed by atoms with Gasteiger partial charge in [-0.15, -0.1) is 0 Å². The lowest BCUT2D eigenvalue weighted by molar-refractivity contribution is 0.956. The Morgan fingerprint density at radius 3 is 2.85 bits per heavy atom. The predicted molar refractivity (Wildman–Crippen MR) is 60.6 cm³/mol. The molecule has 0 N–H and O–H groups in total. The summed E-state index contributed by atoms with van der Waals surface area (Å²) in [5.41, 5.74) is 1.12. The summed E-state index contributed by atoms with van der Waals surface area (Å²) in [6.07, 6.45) is 2.19. The summed E-state index contributed by atoms with van der Waals surface area (Å²) in [6.45, 7) is 1.03. The molecular weight excluding hydrogens is 202 g/mol. The van der Waals surface area contributed by atoms with Crippen LogP contribution in [0.3, 0.4) is 0 Å². The number of hydrogen-bond acceptors (Lipinski definition) is 1.